The summed E-state index contributed by atoms with van der Waals surface area (Å²) >= 11 is 0. The summed E-state index contributed by atoms with van der Waals surface area (Å²) in [6.07, 6.45) is 4.89. The molecule has 2 N–H and O–H groups in total. The molecule has 9 heteroatoms. The Bertz CT molecular complexity index is 980. The van der Waals surface area contributed by atoms with Crippen molar-refractivity contribution in [1.29, 1.82) is 0 Å². The number of likely N-dealkylation sites (tertiary alicyclic amines) is 1. The number of carbonyl (C=O) groups is 1. The number of rotatable bonds is 9. The first-order valence-electron chi connectivity index (χ1n) is 10.5. The van der Waals surface area contributed by atoms with E-state index in [0.717, 1.165) is 19.6 Å². The summed E-state index contributed by atoms with van der Waals surface area (Å²) in [6.45, 7) is 6.48. The minimum Gasteiger partial charge on any atom is -0.492 e. The van der Waals surface area contributed by atoms with E-state index in [0.29, 0.717) is 17.9 Å². The maximum Gasteiger partial charge on any atom is 0.265 e. The molecule has 0 saturated carbocycles. The monoisotopic (exact) mass is 450 g/mol. The molecule has 0 radical (unpaired) electrons. The zero-order valence-corrected chi connectivity index (χ0v) is 18.8. The fraction of sp³-hybridized carbons (Fsp3) is 0.500. The molecule has 1 unspecified atom stereocenters. The van der Waals surface area contributed by atoms with Crippen LogP contribution in [-0.2, 0) is 21.1 Å². The highest BCUT2D eigenvalue weighted by molar-refractivity contribution is 7.93. The molecule has 2 aromatic rings. The molecule has 1 atom stereocenters. The lowest BCUT2D eigenvalue weighted by atomic mass is 9.99. The number of amides is 1. The quantitative estimate of drug-likeness (QED) is 0.447. The number of furan rings is 1. The Hall–Kier alpha value is -2.36. The molecule has 1 aliphatic heterocycles. The average Bonchev–Trinajstić information content (AvgIpc) is 3.21. The third kappa shape index (κ3) is 5.11. The molecular formula is C22H30N2O6S. The van der Waals surface area contributed by atoms with Gasteiger partial charge in [0.2, 0.25) is 0 Å². The lowest BCUT2D eigenvalue weighted by molar-refractivity contribution is -0.131. The minimum absolute atomic E-state index is 0.0729. The van der Waals surface area contributed by atoms with Gasteiger partial charge in [-0.15, -0.1) is 0 Å². The maximum atomic E-state index is 13.2. The first-order chi connectivity index (χ1) is 14.8. The van der Waals surface area contributed by atoms with Crippen molar-refractivity contribution in [3.05, 3.63) is 47.9 Å². The third-order valence-electron chi connectivity index (χ3n) is 5.87. The van der Waals surface area contributed by atoms with E-state index in [1.807, 2.05) is 0 Å². The van der Waals surface area contributed by atoms with Crippen LogP contribution in [0.2, 0.25) is 0 Å². The summed E-state index contributed by atoms with van der Waals surface area (Å²) in [5, 5.41) is 9.22. The van der Waals surface area contributed by atoms with Gasteiger partial charge in [0.15, 0.2) is 14.6 Å². The zero-order valence-electron chi connectivity index (χ0n) is 18.0. The van der Waals surface area contributed by atoms with E-state index in [-0.39, 0.29) is 17.1 Å². The topological polar surface area (TPSA) is 109 Å². The molecule has 1 fully saturated rings. The first-order valence-corrected chi connectivity index (χ1v) is 11.9. The maximum absolute atomic E-state index is 13.2. The fourth-order valence-corrected chi connectivity index (χ4v) is 5.67. The molecule has 8 nitrogen and oxygen atoms in total. The number of hydrogen-bond donors (Lipinski definition) is 2. The van der Waals surface area contributed by atoms with Crippen LogP contribution in [0.5, 0.6) is 5.75 Å². The smallest absolute Gasteiger partial charge is 0.265 e. The van der Waals surface area contributed by atoms with Crippen LogP contribution in [0.1, 0.15) is 37.5 Å². The number of hydrogen-bond acceptors (Lipinski definition) is 7. The number of nitrogens with zero attached hydrogens (tertiary/aromatic N) is 1. The van der Waals surface area contributed by atoms with Gasteiger partial charge < -0.3 is 9.15 Å². The predicted molar refractivity (Wildman–Crippen MR) is 115 cm³/mol. The van der Waals surface area contributed by atoms with Gasteiger partial charge in [-0.05, 0) is 63.5 Å². The zero-order chi connectivity index (χ0) is 22.5. The normalized spacial score (nSPS) is 17.1. The molecule has 0 spiro atoms. The van der Waals surface area contributed by atoms with E-state index in [9.17, 15) is 18.4 Å². The second-order valence-corrected chi connectivity index (χ2v) is 10.4. The summed E-state index contributed by atoms with van der Waals surface area (Å²) in [4.78, 5) is 14.8. The number of piperidine rings is 1. The van der Waals surface area contributed by atoms with E-state index >= 15 is 0 Å². The average molecular weight is 451 g/mol. The molecule has 170 valence electrons. The van der Waals surface area contributed by atoms with Crippen LogP contribution < -0.4 is 10.2 Å². The number of carbonyl (C=O) groups excluding carboxylic acids is 1. The van der Waals surface area contributed by atoms with Crippen LogP contribution >= 0.6 is 0 Å². The van der Waals surface area contributed by atoms with Gasteiger partial charge in [-0.25, -0.2) is 13.9 Å². The lowest BCUT2D eigenvalue weighted by Crippen LogP contribution is -2.51. The first kappa shape index (κ1) is 23.3. The number of aryl methyl sites for hydroxylation is 1. The van der Waals surface area contributed by atoms with E-state index in [4.69, 9.17) is 9.15 Å². The van der Waals surface area contributed by atoms with Crippen molar-refractivity contribution in [3.8, 4) is 5.75 Å². The summed E-state index contributed by atoms with van der Waals surface area (Å²) < 4.78 is 35.5. The van der Waals surface area contributed by atoms with Crippen molar-refractivity contribution in [2.75, 3.05) is 26.2 Å². The van der Waals surface area contributed by atoms with E-state index in [1.54, 1.807) is 24.3 Å². The van der Waals surface area contributed by atoms with Crippen molar-refractivity contribution in [2.24, 2.45) is 0 Å². The highest BCUT2D eigenvalue weighted by Crippen LogP contribution is 2.32. The number of benzene rings is 1. The molecule has 1 aromatic carbocycles. The molecule has 1 amide bonds. The molecule has 1 saturated heterocycles. The highest BCUT2D eigenvalue weighted by Gasteiger charge is 2.48. The van der Waals surface area contributed by atoms with Gasteiger partial charge in [-0.1, -0.05) is 18.6 Å². The Kier molecular flexibility index (Phi) is 7.40. The Morgan fingerprint density at radius 1 is 1.19 bits per heavy atom. The Labute approximate surface area is 183 Å². The van der Waals surface area contributed by atoms with Gasteiger partial charge in [0.25, 0.3) is 5.91 Å². The number of hydroxylamine groups is 1. The van der Waals surface area contributed by atoms with Gasteiger partial charge in [-0.2, -0.15) is 0 Å². The second kappa shape index (κ2) is 9.84. The minimum atomic E-state index is -4.14. The lowest BCUT2D eigenvalue weighted by Gasteiger charge is -2.27. The summed E-state index contributed by atoms with van der Waals surface area (Å²) in [6, 6.07) is 8.30. The third-order valence-corrected chi connectivity index (χ3v) is 8.38. The molecule has 31 heavy (non-hydrogen) atoms. The number of sulfone groups is 1. The SMILES string of the molecule is Cc1occc1S(=O)(=O)C(C)(Cc1ccc(OCCN2CCCCC2)cc1)C(=O)NO. The van der Waals surface area contributed by atoms with Gasteiger partial charge in [0, 0.05) is 13.0 Å². The van der Waals surface area contributed by atoms with Crippen molar-refractivity contribution < 1.29 is 27.6 Å². The standard InChI is InChI=1S/C22H30N2O6S/c1-17-20(10-14-29-17)31(27,28)22(2,21(25)23-26)16-18-6-8-19(9-7-18)30-15-13-24-11-4-3-5-12-24/h6-10,14,26H,3-5,11-13,15-16H2,1-2H3,(H,23,25). The summed E-state index contributed by atoms with van der Waals surface area (Å²) in [5.41, 5.74) is 2.13. The van der Waals surface area contributed by atoms with Crippen molar-refractivity contribution in [1.82, 2.24) is 10.4 Å². The van der Waals surface area contributed by atoms with E-state index in [1.165, 1.54) is 50.9 Å². The van der Waals surface area contributed by atoms with E-state index < -0.39 is 20.5 Å². The Morgan fingerprint density at radius 3 is 2.45 bits per heavy atom. The summed E-state index contributed by atoms with van der Waals surface area (Å²) in [5.74, 6) is -0.132. The van der Waals surface area contributed by atoms with Crippen molar-refractivity contribution >= 4 is 15.7 Å². The largest absolute Gasteiger partial charge is 0.492 e. The molecular weight excluding hydrogens is 420 g/mol. The molecule has 3 rings (SSSR count). The number of nitrogens with one attached hydrogen (secondary N) is 1. The molecule has 2 heterocycles. The van der Waals surface area contributed by atoms with Crippen LogP contribution in [0.15, 0.2) is 45.9 Å². The second-order valence-electron chi connectivity index (χ2n) is 8.09. The van der Waals surface area contributed by atoms with Crippen LogP contribution in [0.25, 0.3) is 0 Å². The van der Waals surface area contributed by atoms with Gasteiger partial charge in [0.1, 0.15) is 23.0 Å². The Morgan fingerprint density at radius 2 is 1.87 bits per heavy atom. The van der Waals surface area contributed by atoms with Gasteiger partial charge in [-0.3, -0.25) is 14.9 Å². The highest BCUT2D eigenvalue weighted by atomic mass is 32.2. The van der Waals surface area contributed by atoms with Crippen molar-refractivity contribution in [2.45, 2.75) is 49.2 Å². The van der Waals surface area contributed by atoms with Crippen LogP contribution in [0.3, 0.4) is 0 Å². The predicted octanol–water partition coefficient (Wildman–Crippen LogP) is 2.73. The van der Waals surface area contributed by atoms with Crippen LogP contribution in [0, 0.1) is 6.92 Å². The molecule has 0 aliphatic carbocycles. The molecule has 1 aliphatic rings. The van der Waals surface area contributed by atoms with Crippen LogP contribution in [0.4, 0.5) is 0 Å². The Balaban J connectivity index is 1.70. The molecule has 1 aromatic heterocycles. The molecule has 0 bridgehead atoms. The van der Waals surface area contributed by atoms with Crippen molar-refractivity contribution in [3.63, 3.8) is 0 Å². The van der Waals surface area contributed by atoms with Gasteiger partial charge in [0.05, 0.1) is 6.26 Å². The number of ether oxygens (including phenoxy) is 1. The fourth-order valence-electron chi connectivity index (χ4n) is 3.88. The van der Waals surface area contributed by atoms with E-state index in [2.05, 4.69) is 4.90 Å². The van der Waals surface area contributed by atoms with Gasteiger partial charge >= 0.3 is 0 Å². The summed E-state index contributed by atoms with van der Waals surface area (Å²) in [7, 11) is -4.14. The van der Waals surface area contributed by atoms with Crippen LogP contribution in [-0.4, -0.2) is 55.4 Å².